The molecule has 24 heteroatoms. The summed E-state index contributed by atoms with van der Waals surface area (Å²) in [6.45, 7) is 10.5. The lowest BCUT2D eigenvalue weighted by molar-refractivity contribution is -0.172. The van der Waals surface area contributed by atoms with Gasteiger partial charge in [-0.25, -0.2) is 32.1 Å². The number of thiophene rings is 1. The quantitative estimate of drug-likeness (QED) is 0.0503. The third-order valence-electron chi connectivity index (χ3n) is 16.3. The van der Waals surface area contributed by atoms with Crippen molar-refractivity contribution < 1.29 is 51.3 Å². The van der Waals surface area contributed by atoms with Gasteiger partial charge in [0, 0.05) is 83.1 Å². The molecule has 80 heavy (non-hydrogen) atoms. The van der Waals surface area contributed by atoms with Crippen molar-refractivity contribution in [2.75, 3.05) is 55.3 Å². The molecule has 412 valence electrons. The molecule has 0 spiro atoms. The number of esters is 1. The van der Waals surface area contributed by atoms with Crippen LogP contribution in [0.2, 0.25) is 5.02 Å². The van der Waals surface area contributed by atoms with Crippen molar-refractivity contribution in [2.45, 2.75) is 89.1 Å². The van der Waals surface area contributed by atoms with Gasteiger partial charge in [0.05, 0.1) is 55.5 Å². The van der Waals surface area contributed by atoms with Crippen LogP contribution in [0.5, 0.6) is 6.01 Å². The highest BCUT2D eigenvalue weighted by Gasteiger charge is 2.50. The molecule has 2 amide bonds. The van der Waals surface area contributed by atoms with Gasteiger partial charge in [-0.3, -0.25) is 15.0 Å². The molecule has 9 heterocycles. The fourth-order valence-corrected chi connectivity index (χ4v) is 13.7. The molecule has 4 aromatic heterocycles. The van der Waals surface area contributed by atoms with Crippen molar-refractivity contribution in [3.63, 3.8) is 0 Å². The van der Waals surface area contributed by atoms with Crippen LogP contribution in [0.1, 0.15) is 68.7 Å². The Bertz CT molecular complexity index is 4010. The van der Waals surface area contributed by atoms with E-state index >= 15 is 13.2 Å². The van der Waals surface area contributed by atoms with Crippen LogP contribution in [0.4, 0.5) is 38.9 Å². The first-order valence-electron chi connectivity index (χ1n) is 25.9. The number of piperazine rings is 1. The maximum Gasteiger partial charge on any atom is 0.412 e. The van der Waals surface area contributed by atoms with Gasteiger partial charge in [-0.05, 0) is 75.5 Å². The van der Waals surface area contributed by atoms with Crippen molar-refractivity contribution in [1.29, 1.82) is 5.26 Å². The second-order valence-corrected chi connectivity index (χ2v) is 22.9. The smallest absolute Gasteiger partial charge is 0.412 e. The van der Waals surface area contributed by atoms with E-state index < -0.39 is 64.9 Å². The molecule has 0 unspecified atom stereocenters. The molecular formula is C56H49ClF4N10O7S2. The molecule has 0 bridgehead atoms. The average molecular weight is 1150 g/mol. The average Bonchev–Trinajstić information content (AvgIpc) is 4.31. The van der Waals surface area contributed by atoms with Crippen LogP contribution in [0, 0.1) is 33.4 Å². The maximum atomic E-state index is 17.5. The number of carbonyl (C=O) groups excluding carboxylic acids is 3. The van der Waals surface area contributed by atoms with E-state index in [2.05, 4.69) is 21.8 Å². The predicted molar refractivity (Wildman–Crippen MR) is 294 cm³/mol. The maximum absolute atomic E-state index is 17.5. The molecule has 17 nitrogen and oxygen atoms in total. The summed E-state index contributed by atoms with van der Waals surface area (Å²) >= 11 is 13.6. The third-order valence-corrected chi connectivity index (χ3v) is 18.1. The Labute approximate surface area is 468 Å². The van der Waals surface area contributed by atoms with Gasteiger partial charge in [0.2, 0.25) is 0 Å². The number of nitrogen functional groups attached to an aromatic ring is 1. The van der Waals surface area contributed by atoms with E-state index in [1.165, 1.54) is 30.0 Å². The molecule has 0 radical (unpaired) electrons. The summed E-state index contributed by atoms with van der Waals surface area (Å²) in [5, 5.41) is 24.5. The number of nitriles is 1. The Morgan fingerprint density at radius 2 is 1.93 bits per heavy atom. The van der Waals surface area contributed by atoms with Crippen molar-refractivity contribution in [2.24, 2.45) is 0 Å². The normalized spacial score (nSPS) is 21.7. The molecule has 5 aliphatic rings. The number of hydrogen-bond acceptors (Lipinski definition) is 16. The van der Waals surface area contributed by atoms with Gasteiger partial charge in [0.15, 0.2) is 11.4 Å². The number of aromatic nitrogens is 4. The highest BCUT2D eigenvalue weighted by atomic mass is 35.5. The van der Waals surface area contributed by atoms with Gasteiger partial charge in [-0.1, -0.05) is 43.4 Å². The van der Waals surface area contributed by atoms with E-state index in [1.54, 1.807) is 19.1 Å². The number of nitrogens with one attached hydrogen (secondary N) is 1. The Morgan fingerprint density at radius 1 is 1.12 bits per heavy atom. The molecular weight excluding hydrogens is 1100 g/mol. The monoisotopic (exact) mass is 1150 g/mol. The van der Waals surface area contributed by atoms with Gasteiger partial charge < -0.3 is 39.4 Å². The number of carbonyl (C=O) groups is 3. The van der Waals surface area contributed by atoms with Gasteiger partial charge in [-0.15, -0.1) is 11.3 Å². The van der Waals surface area contributed by atoms with Crippen LogP contribution in [-0.2, 0) is 37.8 Å². The fourth-order valence-electron chi connectivity index (χ4n) is 12.2. The number of cyclic esters (lactones) is 1. The topological polar surface area (TPSA) is 214 Å². The van der Waals surface area contributed by atoms with Crippen LogP contribution < -0.4 is 20.7 Å². The van der Waals surface area contributed by atoms with E-state index in [0.29, 0.717) is 52.1 Å². The van der Waals surface area contributed by atoms with Gasteiger partial charge >= 0.3 is 18.1 Å². The van der Waals surface area contributed by atoms with Gasteiger partial charge in [-0.2, -0.15) is 15.2 Å². The van der Waals surface area contributed by atoms with Crippen molar-refractivity contribution in [3.8, 4) is 34.6 Å². The molecule has 0 saturated carbocycles. The summed E-state index contributed by atoms with van der Waals surface area (Å²) in [6.07, 6.45) is -1.41. The van der Waals surface area contributed by atoms with Crippen molar-refractivity contribution in [3.05, 3.63) is 104 Å². The van der Waals surface area contributed by atoms with E-state index in [1.807, 2.05) is 22.5 Å². The van der Waals surface area contributed by atoms with Crippen molar-refractivity contribution >= 4 is 102 Å². The summed E-state index contributed by atoms with van der Waals surface area (Å²) in [5.41, 5.74) is 6.04. The predicted octanol–water partition coefficient (Wildman–Crippen LogP) is 9.98. The number of pyridine rings is 2. The fraction of sp³-hybridized carbons (Fsp3) is 0.357. The lowest BCUT2D eigenvalue weighted by Gasteiger charge is -2.41. The largest absolute Gasteiger partial charge is 0.461 e. The summed E-state index contributed by atoms with van der Waals surface area (Å²) in [6, 6.07) is 11.4. The number of halogens is 5. The molecule has 0 aliphatic carbocycles. The second kappa shape index (κ2) is 19.6. The summed E-state index contributed by atoms with van der Waals surface area (Å²) in [7, 11) is 0. The number of nitrogens with zero attached hydrogens (tertiary/aromatic N) is 8. The number of hydrogen-bond donors (Lipinski definition) is 3. The number of anilines is 3. The summed E-state index contributed by atoms with van der Waals surface area (Å²) in [5.74, 6) is -3.42. The number of alkyl halides is 1. The number of aliphatic hydroxyl groups is 1. The van der Waals surface area contributed by atoms with E-state index in [-0.39, 0.29) is 129 Å². The molecule has 7 aromatic rings. The highest BCUT2D eigenvalue weighted by Crippen LogP contribution is 2.47. The lowest BCUT2D eigenvalue weighted by atomic mass is 9.86. The summed E-state index contributed by atoms with van der Waals surface area (Å²) in [4.78, 5) is 59.7. The molecule has 12 rings (SSSR count). The number of nitrogens with two attached hydrogens (primary N) is 1. The van der Waals surface area contributed by atoms with E-state index in [0.717, 1.165) is 35.5 Å². The molecule has 3 saturated heterocycles. The van der Waals surface area contributed by atoms with Crippen LogP contribution in [0.25, 0.3) is 54.4 Å². The molecule has 5 atom stereocenters. The zero-order chi connectivity index (χ0) is 56.4. The number of fused-ring (bicyclic) bond motifs is 8. The Hall–Kier alpha value is -7.49. The Morgan fingerprint density at radius 3 is 2.69 bits per heavy atom. The Balaban J connectivity index is 0.766. The molecule has 5 aliphatic heterocycles. The number of rotatable bonds is 10. The second-order valence-electron chi connectivity index (χ2n) is 21.0. The number of amides is 2. The third kappa shape index (κ3) is 8.47. The first kappa shape index (κ1) is 53.2. The van der Waals surface area contributed by atoms with E-state index in [9.17, 15) is 29.1 Å². The minimum Gasteiger partial charge on any atom is -0.461 e. The van der Waals surface area contributed by atoms with Crippen LogP contribution in [-0.4, -0.2) is 116 Å². The van der Waals surface area contributed by atoms with Crippen LogP contribution in [0.3, 0.4) is 0 Å². The number of benzene rings is 3. The minimum atomic E-state index is -1.89. The first-order chi connectivity index (χ1) is 38.2. The number of ether oxygens (including phenoxy) is 3. The molecule has 4 N–H and O–H groups in total. The SMILES string of the molecule is C=C(C(=O)N1CCN(c2nc(OC[C@@]34CCCN3C[C@H](F)C4)nc3c(F)c(-c4ccc(F)c5sc(N)c(C#N)c45)c(Cl)cc23)[C@@H](C)C1)[C@H](C)OC(=O)Nc1cc2cc3c(nc2cc1F)-c1cc2c(c(=S)n1C3)COC(=O)[C@]2(O)CC. The van der Waals surface area contributed by atoms with Crippen LogP contribution in [0.15, 0.2) is 54.6 Å². The first-order valence-corrected chi connectivity index (χ1v) is 27.5. The lowest BCUT2D eigenvalue weighted by Crippen LogP contribution is -2.54. The zero-order valence-electron chi connectivity index (χ0n) is 43.2. The summed E-state index contributed by atoms with van der Waals surface area (Å²) < 4.78 is 82.7. The highest BCUT2D eigenvalue weighted by molar-refractivity contribution is 7.71. The van der Waals surface area contributed by atoms with Crippen molar-refractivity contribution in [1.82, 2.24) is 29.3 Å². The van der Waals surface area contributed by atoms with Gasteiger partial charge in [0.1, 0.15) is 64.2 Å². The Kier molecular flexibility index (Phi) is 13.1. The molecule has 3 aromatic carbocycles. The van der Waals surface area contributed by atoms with Crippen LogP contribution >= 0.6 is 35.2 Å². The van der Waals surface area contributed by atoms with Gasteiger partial charge in [0.25, 0.3) is 5.91 Å². The zero-order valence-corrected chi connectivity index (χ0v) is 45.6. The van der Waals surface area contributed by atoms with E-state index in [4.69, 9.17) is 53.7 Å². The standard InChI is InChI=1S/C56H49ClF4N10O7S2/c1-5-56(75)35-16-41-45-29(21-71(41)51(79)34(35)23-76-52(56)73)13-28-14-40(38(60)17-39(28)64-45)65-54(74)78-27(4)26(3)50(72)68-11-12-70(25(2)20-68)49-32-15-36(57)43(31-7-8-37(59)47-42(31)33(19-62)48(63)80-47)44(61)46(32)66-53(67-49)77-24-55-9-6-10-69(55)22-30(58)18-55/h7-8,13-17,25,27,30,75H,3,5-6,9-12,18,20-24,63H2,1-2,4H3,(H,65,74)/t25-,27-,30+,55-,56-/m0/s1. The molecule has 3 fully saturated rings. The minimum absolute atomic E-state index is 0.0260.